The Bertz CT molecular complexity index is 377. The second kappa shape index (κ2) is 7.28. The zero-order valence-corrected chi connectivity index (χ0v) is 12.8. The number of piperazine rings is 1. The predicted molar refractivity (Wildman–Crippen MR) is 82.8 cm³/mol. The average molecular weight is 281 g/mol. The first kappa shape index (κ1) is 14.8. The van der Waals surface area contributed by atoms with Crippen molar-refractivity contribution >= 4 is 11.6 Å². The van der Waals surface area contributed by atoms with Gasteiger partial charge in [0.15, 0.2) is 0 Å². The molecule has 1 aliphatic heterocycles. The number of halogens is 1. The molecule has 3 heteroatoms. The van der Waals surface area contributed by atoms with Crippen molar-refractivity contribution in [1.29, 1.82) is 0 Å². The molecule has 0 aliphatic carbocycles. The highest BCUT2D eigenvalue weighted by atomic mass is 35.5. The number of nitrogens with one attached hydrogen (secondary N) is 1. The van der Waals surface area contributed by atoms with E-state index in [9.17, 15) is 0 Å². The van der Waals surface area contributed by atoms with E-state index in [-0.39, 0.29) is 0 Å². The van der Waals surface area contributed by atoms with Crippen molar-refractivity contribution in [3.63, 3.8) is 0 Å². The monoisotopic (exact) mass is 280 g/mol. The summed E-state index contributed by atoms with van der Waals surface area (Å²) >= 11 is 5.91. The number of benzene rings is 1. The van der Waals surface area contributed by atoms with Crippen LogP contribution >= 0.6 is 11.6 Å². The van der Waals surface area contributed by atoms with Gasteiger partial charge in [-0.25, -0.2) is 0 Å². The van der Waals surface area contributed by atoms with Gasteiger partial charge in [-0.05, 0) is 30.0 Å². The number of hydrogen-bond donors (Lipinski definition) is 1. The molecule has 0 saturated carbocycles. The van der Waals surface area contributed by atoms with Crippen molar-refractivity contribution in [2.24, 2.45) is 5.92 Å². The summed E-state index contributed by atoms with van der Waals surface area (Å²) in [5.74, 6) is 0.762. The molecule has 2 rings (SSSR count). The molecule has 0 aromatic heterocycles. The van der Waals surface area contributed by atoms with Crippen LogP contribution in [0.2, 0.25) is 5.02 Å². The first-order chi connectivity index (χ1) is 9.19. The lowest BCUT2D eigenvalue weighted by atomic mass is 9.97. The zero-order chi connectivity index (χ0) is 13.7. The molecule has 19 heavy (non-hydrogen) atoms. The fourth-order valence-electron chi connectivity index (χ4n) is 2.65. The van der Waals surface area contributed by atoms with Crippen molar-refractivity contribution in [2.45, 2.75) is 32.7 Å². The van der Waals surface area contributed by atoms with Gasteiger partial charge in [0.2, 0.25) is 0 Å². The van der Waals surface area contributed by atoms with Crippen LogP contribution in [0.15, 0.2) is 24.3 Å². The minimum atomic E-state index is 0.656. The van der Waals surface area contributed by atoms with E-state index in [1.54, 1.807) is 0 Å². The predicted octanol–water partition coefficient (Wildman–Crippen LogP) is 3.20. The summed E-state index contributed by atoms with van der Waals surface area (Å²) in [6, 6.07) is 8.89. The van der Waals surface area contributed by atoms with Crippen LogP contribution in [0.5, 0.6) is 0 Å². The van der Waals surface area contributed by atoms with Crippen molar-refractivity contribution < 1.29 is 0 Å². The van der Waals surface area contributed by atoms with E-state index in [1.807, 2.05) is 12.1 Å². The van der Waals surface area contributed by atoms with E-state index in [4.69, 9.17) is 11.6 Å². The normalized spacial score (nSPS) is 22.4. The maximum atomic E-state index is 5.91. The minimum Gasteiger partial charge on any atom is -0.311 e. The smallest absolute Gasteiger partial charge is 0.0406 e. The van der Waals surface area contributed by atoms with Crippen LogP contribution in [0.1, 0.15) is 25.8 Å². The van der Waals surface area contributed by atoms with Crippen molar-refractivity contribution in [2.75, 3.05) is 26.2 Å². The van der Waals surface area contributed by atoms with Gasteiger partial charge in [0, 0.05) is 37.2 Å². The summed E-state index contributed by atoms with van der Waals surface area (Å²) in [5.41, 5.74) is 1.38. The van der Waals surface area contributed by atoms with Gasteiger partial charge in [-0.15, -0.1) is 0 Å². The number of rotatable bonds is 5. The summed E-state index contributed by atoms with van der Waals surface area (Å²) in [5, 5.41) is 4.47. The van der Waals surface area contributed by atoms with Crippen molar-refractivity contribution in [3.05, 3.63) is 34.9 Å². The van der Waals surface area contributed by atoms with Gasteiger partial charge in [0.05, 0.1) is 0 Å². The van der Waals surface area contributed by atoms with Crippen LogP contribution in [0.3, 0.4) is 0 Å². The summed E-state index contributed by atoms with van der Waals surface area (Å²) in [6.07, 6.45) is 2.37. The van der Waals surface area contributed by atoms with Gasteiger partial charge in [0.1, 0.15) is 0 Å². The molecule has 1 N–H and O–H groups in total. The van der Waals surface area contributed by atoms with E-state index in [2.05, 4.69) is 36.2 Å². The average Bonchev–Trinajstić information content (AvgIpc) is 2.46. The zero-order valence-electron chi connectivity index (χ0n) is 12.0. The van der Waals surface area contributed by atoms with Gasteiger partial charge in [-0.3, -0.25) is 0 Å². The number of hydrogen-bond acceptors (Lipinski definition) is 2. The highest BCUT2D eigenvalue weighted by molar-refractivity contribution is 6.30. The van der Waals surface area contributed by atoms with E-state index < -0.39 is 0 Å². The summed E-state index contributed by atoms with van der Waals surface area (Å²) in [6.45, 7) is 9.24. The standard InChI is InChI=1S/C16H25ClN2/c1-3-13(2)16-12-19(11-9-18-16)10-8-14-4-6-15(17)7-5-14/h4-7,13,16,18H,3,8-12H2,1-2H3. The first-order valence-electron chi connectivity index (χ1n) is 7.39. The molecule has 1 fully saturated rings. The molecule has 1 aliphatic rings. The van der Waals surface area contributed by atoms with E-state index in [0.717, 1.165) is 30.5 Å². The second-order valence-electron chi connectivity index (χ2n) is 5.62. The van der Waals surface area contributed by atoms with Crippen molar-refractivity contribution in [1.82, 2.24) is 10.2 Å². The van der Waals surface area contributed by atoms with Gasteiger partial charge in [-0.2, -0.15) is 0 Å². The van der Waals surface area contributed by atoms with Gasteiger partial charge in [0.25, 0.3) is 0 Å². The topological polar surface area (TPSA) is 15.3 Å². The summed E-state index contributed by atoms with van der Waals surface area (Å²) in [4.78, 5) is 2.59. The second-order valence-corrected chi connectivity index (χ2v) is 6.06. The lowest BCUT2D eigenvalue weighted by Gasteiger charge is -2.36. The molecule has 0 amide bonds. The third kappa shape index (κ3) is 4.48. The molecule has 106 valence electrons. The lowest BCUT2D eigenvalue weighted by Crippen LogP contribution is -2.53. The SMILES string of the molecule is CCC(C)C1CN(CCc2ccc(Cl)cc2)CCN1. The Labute approximate surface area is 122 Å². The molecule has 1 aromatic carbocycles. The van der Waals surface area contributed by atoms with Gasteiger partial charge in [-0.1, -0.05) is 44.0 Å². The molecule has 0 radical (unpaired) electrons. The van der Waals surface area contributed by atoms with E-state index in [0.29, 0.717) is 6.04 Å². The maximum absolute atomic E-state index is 5.91. The molecular weight excluding hydrogens is 256 g/mol. The largest absolute Gasteiger partial charge is 0.311 e. The van der Waals surface area contributed by atoms with E-state index >= 15 is 0 Å². The van der Waals surface area contributed by atoms with Crippen LogP contribution in [-0.2, 0) is 6.42 Å². The fourth-order valence-corrected chi connectivity index (χ4v) is 2.78. The Morgan fingerprint density at radius 1 is 1.37 bits per heavy atom. The van der Waals surface area contributed by atoms with Gasteiger partial charge < -0.3 is 10.2 Å². The molecule has 0 spiro atoms. The Hall–Kier alpha value is -0.570. The first-order valence-corrected chi connectivity index (χ1v) is 7.77. The Morgan fingerprint density at radius 3 is 2.79 bits per heavy atom. The van der Waals surface area contributed by atoms with Crippen LogP contribution in [0.25, 0.3) is 0 Å². The molecule has 2 unspecified atom stereocenters. The quantitative estimate of drug-likeness (QED) is 0.891. The van der Waals surface area contributed by atoms with Gasteiger partial charge >= 0.3 is 0 Å². The molecule has 2 atom stereocenters. The van der Waals surface area contributed by atoms with E-state index in [1.165, 1.54) is 25.1 Å². The minimum absolute atomic E-state index is 0.656. The van der Waals surface area contributed by atoms with Crippen LogP contribution in [-0.4, -0.2) is 37.1 Å². The summed E-state index contributed by atoms with van der Waals surface area (Å²) in [7, 11) is 0. The fraction of sp³-hybridized carbons (Fsp3) is 0.625. The highest BCUT2D eigenvalue weighted by Gasteiger charge is 2.22. The molecule has 2 nitrogen and oxygen atoms in total. The van der Waals surface area contributed by atoms with Crippen LogP contribution in [0.4, 0.5) is 0 Å². The van der Waals surface area contributed by atoms with Crippen LogP contribution in [0, 0.1) is 5.92 Å². The molecule has 0 bridgehead atoms. The third-order valence-corrected chi connectivity index (χ3v) is 4.50. The highest BCUT2D eigenvalue weighted by Crippen LogP contribution is 2.14. The Morgan fingerprint density at radius 2 is 2.11 bits per heavy atom. The maximum Gasteiger partial charge on any atom is 0.0406 e. The Kier molecular flexibility index (Phi) is 5.68. The summed E-state index contributed by atoms with van der Waals surface area (Å²) < 4.78 is 0. The third-order valence-electron chi connectivity index (χ3n) is 4.25. The number of nitrogens with zero attached hydrogens (tertiary/aromatic N) is 1. The molecule has 1 saturated heterocycles. The molecular formula is C16H25ClN2. The lowest BCUT2D eigenvalue weighted by molar-refractivity contribution is 0.170. The molecule has 1 heterocycles. The van der Waals surface area contributed by atoms with Crippen molar-refractivity contribution in [3.8, 4) is 0 Å². The van der Waals surface area contributed by atoms with Crippen LogP contribution < -0.4 is 5.32 Å². The Balaban J connectivity index is 1.80. The molecule has 1 aromatic rings.